The maximum atomic E-state index is 12.0. The molecule has 0 heterocycles. The molecule has 134 valence electrons. The van der Waals surface area contributed by atoms with Crippen molar-refractivity contribution in [3.63, 3.8) is 0 Å². The summed E-state index contributed by atoms with van der Waals surface area (Å²) in [4.78, 5) is 12.0. The smallest absolute Gasteiger partial charge is 0.323 e. The maximum Gasteiger partial charge on any atom is 0.323 e. The highest BCUT2D eigenvalue weighted by Crippen LogP contribution is 2.17. The molecular weight excluding hydrogens is 342 g/mol. The molecule has 0 aliphatic carbocycles. The third-order valence-electron chi connectivity index (χ3n) is 3.47. The second-order valence-corrected chi connectivity index (χ2v) is 7.16. The Bertz CT molecular complexity index is 805. The molecule has 0 radical (unpaired) electrons. The number of carbonyl (C=O) groups excluding carboxylic acids is 1. The first kappa shape index (κ1) is 19.0. The van der Waals surface area contributed by atoms with Crippen LogP contribution in [0.4, 0.5) is 0 Å². The first-order valence-corrected chi connectivity index (χ1v) is 9.52. The van der Waals surface area contributed by atoms with E-state index in [2.05, 4.69) is 5.32 Å². The van der Waals surface area contributed by atoms with Crippen molar-refractivity contribution in [2.75, 3.05) is 13.4 Å². The zero-order chi connectivity index (χ0) is 18.3. The van der Waals surface area contributed by atoms with E-state index in [1.54, 1.807) is 24.3 Å². The van der Waals surface area contributed by atoms with Gasteiger partial charge < -0.3 is 14.2 Å². The van der Waals surface area contributed by atoms with Gasteiger partial charge in [0.05, 0.1) is 13.4 Å². The molecule has 0 aliphatic rings. The van der Waals surface area contributed by atoms with Crippen LogP contribution in [0.2, 0.25) is 0 Å². The highest BCUT2D eigenvalue weighted by molar-refractivity contribution is 7.86. The van der Waals surface area contributed by atoms with Crippen LogP contribution in [-0.2, 0) is 32.6 Å². The van der Waals surface area contributed by atoms with Crippen molar-refractivity contribution < 1.29 is 22.1 Å². The molecule has 0 fully saturated rings. The molecule has 2 rings (SSSR count). The summed E-state index contributed by atoms with van der Waals surface area (Å²) in [6.45, 7) is 0.514. The van der Waals surface area contributed by atoms with E-state index in [1.807, 2.05) is 30.3 Å². The van der Waals surface area contributed by atoms with E-state index in [9.17, 15) is 13.2 Å². The Labute approximate surface area is 147 Å². The van der Waals surface area contributed by atoms with Crippen LogP contribution >= 0.6 is 0 Å². The highest BCUT2D eigenvalue weighted by atomic mass is 32.2. The van der Waals surface area contributed by atoms with Gasteiger partial charge in [0.25, 0.3) is 0 Å². The fourth-order valence-electron chi connectivity index (χ4n) is 2.35. The number of rotatable bonds is 8. The lowest BCUT2D eigenvalue weighted by Crippen LogP contribution is -2.39. The van der Waals surface area contributed by atoms with E-state index in [0.717, 1.165) is 17.4 Å². The average Bonchev–Trinajstić information content (AvgIpc) is 2.57. The van der Waals surface area contributed by atoms with Crippen molar-refractivity contribution in [3.05, 3.63) is 65.7 Å². The number of carbonyl (C=O) groups is 1. The van der Waals surface area contributed by atoms with Gasteiger partial charge >= 0.3 is 16.1 Å². The minimum atomic E-state index is -3.60. The fraction of sp³-hybridized carbons (Fsp3) is 0.278. The molecule has 0 saturated carbocycles. The van der Waals surface area contributed by atoms with Crippen LogP contribution in [0, 0.1) is 0 Å². The van der Waals surface area contributed by atoms with Gasteiger partial charge in [-0.25, -0.2) is 0 Å². The first-order chi connectivity index (χ1) is 11.9. The molecule has 0 amide bonds. The molecule has 0 saturated heterocycles. The van der Waals surface area contributed by atoms with Gasteiger partial charge in [0.15, 0.2) is 0 Å². The van der Waals surface area contributed by atoms with E-state index >= 15 is 0 Å². The van der Waals surface area contributed by atoms with Crippen LogP contribution in [0.1, 0.15) is 11.1 Å². The fourth-order valence-corrected chi connectivity index (χ4v) is 2.81. The third kappa shape index (κ3) is 6.56. The zero-order valence-electron chi connectivity index (χ0n) is 14.1. The quantitative estimate of drug-likeness (QED) is 0.570. The number of hydrogen-bond acceptors (Lipinski definition) is 6. The lowest BCUT2D eigenvalue weighted by atomic mass is 10.1. The summed E-state index contributed by atoms with van der Waals surface area (Å²) in [5.41, 5.74) is 1.81. The van der Waals surface area contributed by atoms with Crippen molar-refractivity contribution >= 4 is 16.1 Å². The molecule has 0 bridgehead atoms. The van der Waals surface area contributed by atoms with Crippen molar-refractivity contribution in [1.29, 1.82) is 0 Å². The minimum absolute atomic E-state index is 0.215. The van der Waals surface area contributed by atoms with Gasteiger partial charge in [-0.1, -0.05) is 42.5 Å². The van der Waals surface area contributed by atoms with E-state index in [0.29, 0.717) is 13.0 Å². The Morgan fingerprint density at radius 1 is 1.08 bits per heavy atom. The Kier molecular flexibility index (Phi) is 6.55. The molecule has 2 aromatic carbocycles. The predicted octanol–water partition coefficient (Wildman–Crippen LogP) is 1.90. The molecule has 25 heavy (non-hydrogen) atoms. The molecule has 0 unspecified atom stereocenters. The predicted molar refractivity (Wildman–Crippen MR) is 94.7 cm³/mol. The average molecular weight is 363 g/mol. The summed E-state index contributed by atoms with van der Waals surface area (Å²) >= 11 is 0. The Morgan fingerprint density at radius 3 is 2.40 bits per heavy atom. The molecular formula is C18H21NO5S. The van der Waals surface area contributed by atoms with E-state index in [-0.39, 0.29) is 11.7 Å². The van der Waals surface area contributed by atoms with E-state index in [1.165, 1.54) is 7.11 Å². The molecule has 6 nitrogen and oxygen atoms in total. The monoisotopic (exact) mass is 363 g/mol. The second kappa shape index (κ2) is 8.64. The summed E-state index contributed by atoms with van der Waals surface area (Å²) in [7, 11) is -2.26. The lowest BCUT2D eigenvalue weighted by molar-refractivity contribution is -0.143. The van der Waals surface area contributed by atoms with Crippen molar-refractivity contribution in [3.8, 4) is 5.75 Å². The van der Waals surface area contributed by atoms with Gasteiger partial charge in [0, 0.05) is 6.54 Å². The Hall–Kier alpha value is -2.38. The molecule has 0 aromatic heterocycles. The van der Waals surface area contributed by atoms with Gasteiger partial charge in [0.2, 0.25) is 0 Å². The van der Waals surface area contributed by atoms with Crippen molar-refractivity contribution in [1.82, 2.24) is 5.32 Å². The Balaban J connectivity index is 2.08. The van der Waals surface area contributed by atoms with Crippen molar-refractivity contribution in [2.24, 2.45) is 0 Å². The normalized spacial score (nSPS) is 12.4. The minimum Gasteiger partial charge on any atom is -0.468 e. The van der Waals surface area contributed by atoms with Crippen LogP contribution in [0.15, 0.2) is 54.6 Å². The van der Waals surface area contributed by atoms with Crippen LogP contribution < -0.4 is 9.50 Å². The van der Waals surface area contributed by atoms with Crippen LogP contribution in [0.5, 0.6) is 5.75 Å². The number of benzene rings is 2. The number of esters is 1. The number of nitrogens with one attached hydrogen (secondary N) is 1. The third-order valence-corrected chi connectivity index (χ3v) is 3.96. The van der Waals surface area contributed by atoms with Gasteiger partial charge in [-0.05, 0) is 29.7 Å². The molecule has 0 spiro atoms. The summed E-state index contributed by atoms with van der Waals surface area (Å²) < 4.78 is 32.2. The zero-order valence-corrected chi connectivity index (χ0v) is 15.0. The van der Waals surface area contributed by atoms with Crippen LogP contribution in [0.25, 0.3) is 0 Å². The van der Waals surface area contributed by atoms with Crippen LogP contribution in [-0.4, -0.2) is 33.8 Å². The summed E-state index contributed by atoms with van der Waals surface area (Å²) in [6.07, 6.45) is 1.33. The standard InChI is InChI=1S/C18H21NO5S/c1-23-18(20)17(19-13-14-7-4-3-5-8-14)12-15-9-6-10-16(11-15)24-25(2,21)22/h3-11,17,19H,12-13H2,1-2H3/t17-/m0/s1. The Morgan fingerprint density at radius 2 is 1.76 bits per heavy atom. The van der Waals surface area contributed by atoms with E-state index in [4.69, 9.17) is 8.92 Å². The highest BCUT2D eigenvalue weighted by Gasteiger charge is 2.19. The van der Waals surface area contributed by atoms with Gasteiger partial charge in [-0.3, -0.25) is 4.79 Å². The molecule has 7 heteroatoms. The second-order valence-electron chi connectivity index (χ2n) is 5.58. The summed E-state index contributed by atoms with van der Waals surface area (Å²) in [5, 5.41) is 3.17. The van der Waals surface area contributed by atoms with Gasteiger partial charge in [0.1, 0.15) is 11.8 Å². The first-order valence-electron chi connectivity index (χ1n) is 7.71. The van der Waals surface area contributed by atoms with Gasteiger partial charge in [-0.15, -0.1) is 0 Å². The lowest BCUT2D eigenvalue weighted by Gasteiger charge is -2.17. The largest absolute Gasteiger partial charge is 0.468 e. The molecule has 2 aromatic rings. The number of methoxy groups -OCH3 is 1. The van der Waals surface area contributed by atoms with Crippen LogP contribution in [0.3, 0.4) is 0 Å². The summed E-state index contributed by atoms with van der Waals surface area (Å²) in [5.74, 6) is -0.169. The molecule has 1 N–H and O–H groups in total. The molecule has 1 atom stereocenters. The SMILES string of the molecule is COC(=O)[C@H](Cc1cccc(OS(C)(=O)=O)c1)NCc1ccccc1. The maximum absolute atomic E-state index is 12.0. The van der Waals surface area contributed by atoms with Crippen molar-refractivity contribution in [2.45, 2.75) is 19.0 Å². The summed E-state index contributed by atoms with van der Waals surface area (Å²) in [6, 6.07) is 15.8. The van der Waals surface area contributed by atoms with E-state index < -0.39 is 16.2 Å². The van der Waals surface area contributed by atoms with Gasteiger partial charge in [-0.2, -0.15) is 8.42 Å². The molecule has 0 aliphatic heterocycles. The topological polar surface area (TPSA) is 81.7 Å². The number of ether oxygens (including phenoxy) is 1. The number of hydrogen-bond donors (Lipinski definition) is 1.